The van der Waals surface area contributed by atoms with Crippen LogP contribution in [0.2, 0.25) is 0 Å². The van der Waals surface area contributed by atoms with Gasteiger partial charge in [0.2, 0.25) is 0 Å². The van der Waals surface area contributed by atoms with Crippen molar-refractivity contribution in [2.24, 2.45) is 0 Å². The SMILES string of the molecule is N#Cc1cccc([S@](=O)c2cccc(F)c2C#N)c1. The van der Waals surface area contributed by atoms with E-state index in [-0.39, 0.29) is 10.5 Å². The molecule has 0 bridgehead atoms. The van der Waals surface area contributed by atoms with Gasteiger partial charge in [0.05, 0.1) is 27.3 Å². The lowest BCUT2D eigenvalue weighted by Crippen LogP contribution is -1.99. The van der Waals surface area contributed by atoms with E-state index in [1.807, 2.05) is 6.07 Å². The minimum absolute atomic E-state index is 0.109. The van der Waals surface area contributed by atoms with Crippen molar-refractivity contribution in [3.05, 3.63) is 59.4 Å². The molecule has 0 unspecified atom stereocenters. The Hall–Kier alpha value is -2.50. The van der Waals surface area contributed by atoms with E-state index in [0.29, 0.717) is 10.5 Å². The number of rotatable bonds is 2. The first-order valence-corrected chi connectivity index (χ1v) is 6.43. The highest BCUT2D eigenvalue weighted by atomic mass is 32.2. The molecule has 2 aromatic carbocycles. The molecule has 5 heteroatoms. The molecule has 0 aromatic heterocycles. The summed E-state index contributed by atoms with van der Waals surface area (Å²) in [4.78, 5) is 0.471. The van der Waals surface area contributed by atoms with Gasteiger partial charge in [0.15, 0.2) is 0 Å². The number of benzene rings is 2. The van der Waals surface area contributed by atoms with E-state index in [1.165, 1.54) is 18.2 Å². The Morgan fingerprint density at radius 3 is 2.47 bits per heavy atom. The van der Waals surface area contributed by atoms with Crippen molar-refractivity contribution < 1.29 is 8.60 Å². The Balaban J connectivity index is 2.54. The van der Waals surface area contributed by atoms with Gasteiger partial charge in [0.1, 0.15) is 17.4 Å². The number of nitrogens with zero attached hydrogens (tertiary/aromatic N) is 2. The summed E-state index contributed by atoms with van der Waals surface area (Å²) < 4.78 is 25.8. The van der Waals surface area contributed by atoms with Crippen molar-refractivity contribution >= 4 is 10.8 Å². The average molecular weight is 270 g/mol. The van der Waals surface area contributed by atoms with E-state index in [9.17, 15) is 8.60 Å². The van der Waals surface area contributed by atoms with Gasteiger partial charge in [0, 0.05) is 4.90 Å². The zero-order valence-electron chi connectivity index (χ0n) is 9.63. The lowest BCUT2D eigenvalue weighted by Gasteiger charge is -2.05. The largest absolute Gasteiger partial charge is 0.249 e. The summed E-state index contributed by atoms with van der Waals surface area (Å²) in [5.41, 5.74) is 0.129. The Kier molecular flexibility index (Phi) is 3.70. The average Bonchev–Trinajstić information content (AvgIpc) is 2.46. The van der Waals surface area contributed by atoms with Crippen molar-refractivity contribution in [3.63, 3.8) is 0 Å². The Morgan fingerprint density at radius 2 is 1.79 bits per heavy atom. The van der Waals surface area contributed by atoms with Crippen LogP contribution in [0.25, 0.3) is 0 Å². The standard InChI is InChI=1S/C14H7FN2OS/c15-13-5-2-6-14(12(13)9-17)19(18)11-4-1-3-10(7-11)8-16/h1-7H/t19-/m0/s1. The molecule has 0 spiro atoms. The van der Waals surface area contributed by atoms with Crippen LogP contribution in [-0.4, -0.2) is 4.21 Å². The van der Waals surface area contributed by atoms with Gasteiger partial charge in [-0.1, -0.05) is 12.1 Å². The smallest absolute Gasteiger partial charge is 0.142 e. The van der Waals surface area contributed by atoms with Gasteiger partial charge < -0.3 is 0 Å². The minimum Gasteiger partial charge on any atom is -0.249 e. The quantitative estimate of drug-likeness (QED) is 0.842. The predicted molar refractivity (Wildman–Crippen MR) is 66.9 cm³/mol. The first kappa shape index (κ1) is 12.9. The van der Waals surface area contributed by atoms with Gasteiger partial charge >= 0.3 is 0 Å². The zero-order chi connectivity index (χ0) is 13.8. The highest BCUT2D eigenvalue weighted by molar-refractivity contribution is 7.85. The molecule has 0 fully saturated rings. The van der Waals surface area contributed by atoms with Crippen LogP contribution < -0.4 is 0 Å². The van der Waals surface area contributed by atoms with Crippen LogP contribution in [0.1, 0.15) is 11.1 Å². The summed E-state index contributed by atoms with van der Waals surface area (Å²) >= 11 is 0. The highest BCUT2D eigenvalue weighted by Crippen LogP contribution is 2.22. The molecule has 2 aromatic rings. The molecule has 0 amide bonds. The normalized spacial score (nSPS) is 11.3. The van der Waals surface area contributed by atoms with Gasteiger partial charge in [-0.2, -0.15) is 10.5 Å². The second-order valence-electron chi connectivity index (χ2n) is 3.63. The van der Waals surface area contributed by atoms with Crippen LogP contribution in [0.3, 0.4) is 0 Å². The van der Waals surface area contributed by atoms with E-state index in [4.69, 9.17) is 10.5 Å². The van der Waals surface area contributed by atoms with Gasteiger partial charge in [-0.25, -0.2) is 8.60 Å². The third-order valence-electron chi connectivity index (χ3n) is 2.46. The summed E-state index contributed by atoms with van der Waals surface area (Å²) in [5, 5.41) is 17.7. The molecule has 0 heterocycles. The van der Waals surface area contributed by atoms with Gasteiger partial charge in [-0.15, -0.1) is 0 Å². The minimum atomic E-state index is -1.69. The van der Waals surface area contributed by atoms with Crippen molar-refractivity contribution in [1.82, 2.24) is 0 Å². The fourth-order valence-electron chi connectivity index (χ4n) is 1.58. The van der Waals surface area contributed by atoms with Crippen molar-refractivity contribution in [3.8, 4) is 12.1 Å². The molecule has 3 nitrogen and oxygen atoms in total. The van der Waals surface area contributed by atoms with Crippen molar-refractivity contribution in [1.29, 1.82) is 10.5 Å². The Labute approximate surface area is 112 Å². The molecule has 0 saturated carbocycles. The summed E-state index contributed by atoms with van der Waals surface area (Å²) in [6, 6.07) is 13.8. The Bertz CT molecular complexity index is 744. The summed E-state index contributed by atoms with van der Waals surface area (Å²) in [6.45, 7) is 0. The molecule has 1 atom stereocenters. The molecule has 0 aliphatic carbocycles. The third-order valence-corrected chi connectivity index (χ3v) is 3.89. The van der Waals surface area contributed by atoms with Crippen LogP contribution in [0.15, 0.2) is 52.3 Å². The molecule has 0 aliphatic rings. The fourth-order valence-corrected chi connectivity index (χ4v) is 2.80. The topological polar surface area (TPSA) is 64.7 Å². The first-order chi connectivity index (χ1) is 9.17. The Morgan fingerprint density at radius 1 is 1.05 bits per heavy atom. The maximum atomic E-state index is 13.5. The maximum Gasteiger partial charge on any atom is 0.142 e. The molecule has 0 radical (unpaired) electrons. The van der Waals surface area contributed by atoms with Gasteiger partial charge in [-0.3, -0.25) is 0 Å². The molecule has 92 valence electrons. The zero-order valence-corrected chi connectivity index (χ0v) is 10.4. The first-order valence-electron chi connectivity index (χ1n) is 5.28. The van der Waals surface area contributed by atoms with Crippen LogP contribution in [0, 0.1) is 28.5 Å². The summed E-state index contributed by atoms with van der Waals surface area (Å²) in [5.74, 6) is -0.704. The van der Waals surface area contributed by atoms with Crippen LogP contribution in [0.5, 0.6) is 0 Å². The predicted octanol–water partition coefficient (Wildman–Crippen LogP) is 2.74. The van der Waals surface area contributed by atoms with Crippen molar-refractivity contribution in [2.45, 2.75) is 9.79 Å². The van der Waals surface area contributed by atoms with E-state index in [2.05, 4.69) is 0 Å². The van der Waals surface area contributed by atoms with Gasteiger partial charge in [-0.05, 0) is 30.3 Å². The molecular formula is C14H7FN2OS. The molecule has 0 saturated heterocycles. The molecule has 2 rings (SSSR count). The molecule has 19 heavy (non-hydrogen) atoms. The molecule has 0 aliphatic heterocycles. The van der Waals surface area contributed by atoms with E-state index in [0.717, 1.165) is 6.07 Å². The number of halogens is 1. The number of nitriles is 2. The second-order valence-corrected chi connectivity index (χ2v) is 5.08. The van der Waals surface area contributed by atoms with E-state index < -0.39 is 16.6 Å². The lowest BCUT2D eigenvalue weighted by molar-refractivity contribution is 0.618. The summed E-state index contributed by atoms with van der Waals surface area (Å²) in [6.07, 6.45) is 0. The number of hydrogen-bond acceptors (Lipinski definition) is 3. The lowest BCUT2D eigenvalue weighted by atomic mass is 10.2. The molecule has 0 N–H and O–H groups in total. The van der Waals surface area contributed by atoms with E-state index >= 15 is 0 Å². The monoisotopic (exact) mass is 270 g/mol. The summed E-state index contributed by atoms with van der Waals surface area (Å²) in [7, 11) is -1.69. The van der Waals surface area contributed by atoms with Crippen LogP contribution in [0.4, 0.5) is 4.39 Å². The highest BCUT2D eigenvalue weighted by Gasteiger charge is 2.15. The number of hydrogen-bond donors (Lipinski definition) is 0. The third kappa shape index (κ3) is 2.52. The fraction of sp³-hybridized carbons (Fsp3) is 0. The second kappa shape index (κ2) is 5.43. The maximum absolute atomic E-state index is 13.5. The van der Waals surface area contributed by atoms with Gasteiger partial charge in [0.25, 0.3) is 0 Å². The van der Waals surface area contributed by atoms with Crippen molar-refractivity contribution in [2.75, 3.05) is 0 Å². The van der Waals surface area contributed by atoms with Crippen LogP contribution in [-0.2, 0) is 10.8 Å². The van der Waals surface area contributed by atoms with E-state index in [1.54, 1.807) is 24.3 Å². The van der Waals surface area contributed by atoms with Crippen LogP contribution >= 0.6 is 0 Å². The molecular weight excluding hydrogens is 263 g/mol.